The van der Waals surface area contributed by atoms with E-state index >= 15 is 0 Å². The summed E-state index contributed by atoms with van der Waals surface area (Å²) < 4.78 is 52.2. The highest BCUT2D eigenvalue weighted by Gasteiger charge is 2.43. The second kappa shape index (κ2) is 17.1. The first kappa shape index (κ1) is 37.0. The molecule has 13 nitrogen and oxygen atoms in total. The lowest BCUT2D eigenvalue weighted by molar-refractivity contribution is -0.384. The van der Waals surface area contributed by atoms with Crippen LogP contribution in [0.25, 0.3) is 0 Å². The van der Waals surface area contributed by atoms with Gasteiger partial charge in [0.15, 0.2) is 6.29 Å². The fourth-order valence-electron chi connectivity index (χ4n) is 6.28. The summed E-state index contributed by atoms with van der Waals surface area (Å²) in [5.41, 5.74) is 2.23. The number of hydrogen-bond donors (Lipinski definition) is 3. The van der Waals surface area contributed by atoms with Crippen molar-refractivity contribution in [3.63, 3.8) is 0 Å². The molecule has 2 heterocycles. The summed E-state index contributed by atoms with van der Waals surface area (Å²) >= 11 is 0. The number of nitro groups is 1. The molecule has 3 unspecified atom stereocenters. The van der Waals surface area contributed by atoms with Crippen LogP contribution in [0.1, 0.15) is 49.8 Å². The molecule has 0 spiro atoms. The van der Waals surface area contributed by atoms with Crippen LogP contribution in [-0.4, -0.2) is 68.0 Å². The smallest absolute Gasteiger partial charge is 0.407 e. The van der Waals surface area contributed by atoms with Crippen LogP contribution in [-0.2, 0) is 43.7 Å². The number of alkyl carbamates (subject to hydrolysis) is 1. The van der Waals surface area contributed by atoms with Crippen LogP contribution in [0.3, 0.4) is 0 Å². The van der Waals surface area contributed by atoms with E-state index in [0.29, 0.717) is 42.9 Å². The van der Waals surface area contributed by atoms with E-state index in [-0.39, 0.29) is 42.3 Å². The minimum atomic E-state index is -4.22. The van der Waals surface area contributed by atoms with Gasteiger partial charge in [-0.15, -0.1) is 0 Å². The maximum Gasteiger partial charge on any atom is 0.407 e. The maximum atomic E-state index is 13.5. The number of amides is 1. The van der Waals surface area contributed by atoms with Gasteiger partial charge in [0.2, 0.25) is 10.0 Å². The number of fused-ring (bicyclic) bond motifs is 1. The van der Waals surface area contributed by atoms with Crippen molar-refractivity contribution in [1.29, 1.82) is 0 Å². The lowest BCUT2D eigenvalue weighted by Gasteiger charge is -2.25. The lowest BCUT2D eigenvalue weighted by Crippen LogP contribution is -2.45. The Morgan fingerprint density at radius 2 is 1.76 bits per heavy atom. The van der Waals surface area contributed by atoms with Gasteiger partial charge in [0, 0.05) is 24.5 Å². The molecule has 50 heavy (non-hydrogen) atoms. The molecule has 2 saturated heterocycles. The number of aliphatic hydroxyl groups is 1. The Kier molecular flexibility index (Phi) is 12.7. The van der Waals surface area contributed by atoms with Crippen LogP contribution in [0.5, 0.6) is 5.75 Å². The van der Waals surface area contributed by atoms with Gasteiger partial charge in [0.1, 0.15) is 24.6 Å². The normalized spacial score (nSPS) is 19.8. The van der Waals surface area contributed by atoms with Gasteiger partial charge in [0.05, 0.1) is 35.6 Å². The van der Waals surface area contributed by atoms with Crippen LogP contribution in [0.4, 0.5) is 16.2 Å². The standard InChI is InChI=1S/C36H45N3O10S/c1-3-24(4-2)18-27-20-28(39(42)43)12-15-31(27)38-50(44,45)23-33(40)34(49-36(41)37-32-22-48-35-30(32)16-17-46-35)19-25-10-13-29(14-11-25)47-21-26-8-6-5-7-9-26/h5-15,20,24,30,32-35,38,40H,3-4,16-19,21-23H2,1-2H3,(H,37,41)/t30?,32?,33-,34-,35?/m0/s1. The van der Waals surface area contributed by atoms with Gasteiger partial charge in [-0.05, 0) is 53.6 Å². The molecular weight excluding hydrogens is 666 g/mol. The number of carbonyl (C=O) groups excluding carboxylic acids is 1. The first-order valence-electron chi connectivity index (χ1n) is 16.9. The molecule has 1 amide bonds. The Balaban J connectivity index is 1.30. The molecule has 3 aromatic carbocycles. The number of hydrogen-bond acceptors (Lipinski definition) is 10. The molecule has 0 radical (unpaired) electrons. The molecule has 2 aliphatic rings. The summed E-state index contributed by atoms with van der Waals surface area (Å²) in [6.45, 7) is 5.16. The van der Waals surface area contributed by atoms with E-state index in [2.05, 4.69) is 10.0 Å². The summed E-state index contributed by atoms with van der Waals surface area (Å²) in [6.07, 6.45) is -1.30. The number of sulfonamides is 1. The number of ether oxygens (including phenoxy) is 4. The van der Waals surface area contributed by atoms with Crippen molar-refractivity contribution in [3.8, 4) is 5.75 Å². The molecule has 0 aromatic heterocycles. The van der Waals surface area contributed by atoms with Gasteiger partial charge in [-0.2, -0.15) is 0 Å². The van der Waals surface area contributed by atoms with Gasteiger partial charge < -0.3 is 29.4 Å². The number of anilines is 1. The summed E-state index contributed by atoms with van der Waals surface area (Å²) in [6, 6.07) is 20.4. The predicted molar refractivity (Wildman–Crippen MR) is 186 cm³/mol. The number of benzene rings is 3. The van der Waals surface area contributed by atoms with Crippen molar-refractivity contribution < 1.29 is 42.2 Å². The van der Waals surface area contributed by atoms with E-state index in [4.69, 9.17) is 18.9 Å². The Morgan fingerprint density at radius 1 is 1.02 bits per heavy atom. The van der Waals surface area contributed by atoms with E-state index in [0.717, 1.165) is 18.4 Å². The summed E-state index contributed by atoms with van der Waals surface area (Å²) in [7, 11) is -4.22. The largest absolute Gasteiger partial charge is 0.489 e. The minimum Gasteiger partial charge on any atom is -0.489 e. The molecule has 0 saturated carbocycles. The average Bonchev–Trinajstić information content (AvgIpc) is 3.72. The van der Waals surface area contributed by atoms with Crippen molar-refractivity contribution in [1.82, 2.24) is 5.32 Å². The average molecular weight is 712 g/mol. The summed E-state index contributed by atoms with van der Waals surface area (Å²) in [4.78, 5) is 24.1. The predicted octanol–water partition coefficient (Wildman–Crippen LogP) is 5.35. The number of rotatable bonds is 17. The highest BCUT2D eigenvalue weighted by atomic mass is 32.2. The number of nitrogens with one attached hydrogen (secondary N) is 2. The van der Waals surface area contributed by atoms with Crippen LogP contribution < -0.4 is 14.8 Å². The SMILES string of the molecule is CCC(CC)Cc1cc([N+](=O)[O-])ccc1NS(=O)(=O)C[C@H](O)[C@H](Cc1ccc(OCc2ccccc2)cc1)OC(=O)NC1COC2OCCC12. The van der Waals surface area contributed by atoms with Gasteiger partial charge in [0.25, 0.3) is 5.69 Å². The third-order valence-electron chi connectivity index (χ3n) is 9.26. The van der Waals surface area contributed by atoms with Gasteiger partial charge in [-0.3, -0.25) is 14.8 Å². The third-order valence-corrected chi connectivity index (χ3v) is 10.6. The van der Waals surface area contributed by atoms with Crippen molar-refractivity contribution in [3.05, 3.63) is 99.6 Å². The molecule has 3 N–H and O–H groups in total. The quantitative estimate of drug-likeness (QED) is 0.122. The van der Waals surface area contributed by atoms with E-state index in [9.17, 15) is 28.4 Å². The Morgan fingerprint density at radius 3 is 2.46 bits per heavy atom. The molecule has 0 bridgehead atoms. The van der Waals surface area contributed by atoms with Gasteiger partial charge in [-0.1, -0.05) is 69.2 Å². The topological polar surface area (TPSA) is 176 Å². The summed E-state index contributed by atoms with van der Waals surface area (Å²) in [5.74, 6) is -0.0270. The van der Waals surface area contributed by atoms with E-state index < -0.39 is 45.3 Å². The first-order chi connectivity index (χ1) is 24.0. The highest BCUT2D eigenvalue weighted by molar-refractivity contribution is 7.92. The first-order valence-corrected chi connectivity index (χ1v) is 18.6. The number of aliphatic hydroxyl groups excluding tert-OH is 1. The zero-order chi connectivity index (χ0) is 35.7. The fraction of sp³-hybridized carbons (Fsp3) is 0.472. The Hall–Kier alpha value is -4.24. The number of nitro benzene ring substituents is 1. The zero-order valence-corrected chi connectivity index (χ0v) is 29.0. The second-order valence-corrected chi connectivity index (χ2v) is 14.5. The molecule has 0 aliphatic carbocycles. The molecule has 14 heteroatoms. The monoisotopic (exact) mass is 711 g/mol. The minimum absolute atomic E-state index is 0.0108. The Labute approximate surface area is 292 Å². The number of non-ortho nitro benzene ring substituents is 1. The molecule has 5 rings (SSSR count). The van der Waals surface area contributed by atoms with Gasteiger partial charge >= 0.3 is 6.09 Å². The van der Waals surface area contributed by atoms with Crippen molar-refractivity contribution in [2.75, 3.05) is 23.7 Å². The zero-order valence-electron chi connectivity index (χ0n) is 28.2. The van der Waals surface area contributed by atoms with Crippen molar-refractivity contribution in [2.45, 2.75) is 77.1 Å². The van der Waals surface area contributed by atoms with Crippen LogP contribution in [0.15, 0.2) is 72.8 Å². The van der Waals surface area contributed by atoms with Crippen molar-refractivity contribution >= 4 is 27.5 Å². The van der Waals surface area contributed by atoms with Crippen LogP contribution in [0.2, 0.25) is 0 Å². The molecule has 5 atom stereocenters. The Bertz CT molecular complexity index is 1690. The van der Waals surface area contributed by atoms with E-state index in [1.54, 1.807) is 24.3 Å². The molecule has 2 fully saturated rings. The van der Waals surface area contributed by atoms with Crippen LogP contribution >= 0.6 is 0 Å². The second-order valence-electron chi connectivity index (χ2n) is 12.8. The lowest BCUT2D eigenvalue weighted by atomic mass is 9.93. The fourth-order valence-corrected chi connectivity index (χ4v) is 7.56. The molecule has 3 aromatic rings. The summed E-state index contributed by atoms with van der Waals surface area (Å²) in [5, 5.41) is 25.6. The van der Waals surface area contributed by atoms with E-state index in [1.165, 1.54) is 18.2 Å². The molecular formula is C36H45N3O10S. The van der Waals surface area contributed by atoms with Crippen LogP contribution in [0, 0.1) is 22.0 Å². The van der Waals surface area contributed by atoms with Gasteiger partial charge in [-0.25, -0.2) is 13.2 Å². The molecule has 270 valence electrons. The number of carbonyl (C=O) groups is 1. The highest BCUT2D eigenvalue weighted by Crippen LogP contribution is 2.31. The maximum absolute atomic E-state index is 13.5. The third kappa shape index (κ3) is 10.2. The van der Waals surface area contributed by atoms with Crippen molar-refractivity contribution in [2.24, 2.45) is 11.8 Å². The molecule has 2 aliphatic heterocycles. The number of nitrogens with zero attached hydrogens (tertiary/aromatic N) is 1. The van der Waals surface area contributed by atoms with E-state index in [1.807, 2.05) is 44.2 Å².